The fraction of sp³-hybridized carbons (Fsp3) is 0.182. The molecule has 0 aliphatic rings. The fourth-order valence-electron chi connectivity index (χ4n) is 1.47. The Balaban J connectivity index is 2.89. The first-order valence-corrected chi connectivity index (χ1v) is 4.89. The molecule has 0 fully saturated rings. The van der Waals surface area contributed by atoms with Gasteiger partial charge in [0.15, 0.2) is 0 Å². The van der Waals surface area contributed by atoms with Crippen molar-refractivity contribution in [1.82, 2.24) is 0 Å². The predicted molar refractivity (Wildman–Crippen MR) is 60.6 cm³/mol. The average molecular weight is 241 g/mol. The summed E-state index contributed by atoms with van der Waals surface area (Å²) in [5, 5.41) is 0.857. The zero-order chi connectivity index (χ0) is 11.7. The Bertz CT molecular complexity index is 588. The maximum atomic E-state index is 11.2. The van der Waals surface area contributed by atoms with E-state index in [2.05, 4.69) is 0 Å². The van der Waals surface area contributed by atoms with Crippen LogP contribution in [0.15, 0.2) is 27.4 Å². The smallest absolute Gasteiger partial charge is 0.337 e. The van der Waals surface area contributed by atoms with E-state index in [4.69, 9.17) is 25.5 Å². The van der Waals surface area contributed by atoms with Gasteiger partial charge in [0, 0.05) is 18.2 Å². The van der Waals surface area contributed by atoms with Crippen LogP contribution in [0, 0.1) is 0 Å². The molecular weight excluding hydrogens is 232 g/mol. The summed E-state index contributed by atoms with van der Waals surface area (Å²) in [6.45, 7) is 0. The van der Waals surface area contributed by atoms with Crippen molar-refractivity contribution in [2.75, 3.05) is 14.2 Å². The maximum absolute atomic E-state index is 11.2. The maximum Gasteiger partial charge on any atom is 0.337 e. The molecule has 4 nitrogen and oxygen atoms in total. The second-order valence-electron chi connectivity index (χ2n) is 3.12. The Kier molecular flexibility index (Phi) is 2.75. The molecule has 0 saturated heterocycles. The molecule has 0 bridgehead atoms. The van der Waals surface area contributed by atoms with Gasteiger partial charge in [0.05, 0.1) is 24.6 Å². The second kappa shape index (κ2) is 4.06. The molecule has 0 spiro atoms. The molecule has 0 aliphatic heterocycles. The molecule has 0 unspecified atom stereocenters. The summed E-state index contributed by atoms with van der Waals surface area (Å²) in [6, 6.07) is 4.47. The summed E-state index contributed by atoms with van der Waals surface area (Å²) < 4.78 is 15.3. The van der Waals surface area contributed by atoms with Crippen molar-refractivity contribution < 1.29 is 13.9 Å². The van der Waals surface area contributed by atoms with Gasteiger partial charge in [-0.05, 0) is 0 Å². The summed E-state index contributed by atoms with van der Waals surface area (Å²) in [6.07, 6.45) is 0. The SMILES string of the molecule is COc1cc(OC)c2c(Cl)cc(=O)oc2c1. The third-order valence-electron chi connectivity index (χ3n) is 2.19. The van der Waals surface area contributed by atoms with Gasteiger partial charge in [0.1, 0.15) is 17.1 Å². The number of fused-ring (bicyclic) bond motifs is 1. The van der Waals surface area contributed by atoms with Crippen LogP contribution in [-0.4, -0.2) is 14.2 Å². The lowest BCUT2D eigenvalue weighted by Crippen LogP contribution is -1.98. The van der Waals surface area contributed by atoms with Crippen LogP contribution in [0.1, 0.15) is 0 Å². The van der Waals surface area contributed by atoms with Gasteiger partial charge >= 0.3 is 5.63 Å². The Morgan fingerprint density at radius 1 is 1.19 bits per heavy atom. The number of hydrogen-bond donors (Lipinski definition) is 0. The highest BCUT2D eigenvalue weighted by Gasteiger charge is 2.11. The van der Waals surface area contributed by atoms with E-state index in [1.807, 2.05) is 0 Å². The molecule has 1 aromatic carbocycles. The van der Waals surface area contributed by atoms with Crippen molar-refractivity contribution in [2.45, 2.75) is 0 Å². The molecule has 16 heavy (non-hydrogen) atoms. The molecule has 0 aliphatic carbocycles. The molecule has 0 amide bonds. The summed E-state index contributed by atoms with van der Waals surface area (Å²) in [4.78, 5) is 11.2. The third kappa shape index (κ3) is 1.72. The highest BCUT2D eigenvalue weighted by atomic mass is 35.5. The van der Waals surface area contributed by atoms with Gasteiger partial charge in [-0.2, -0.15) is 0 Å². The second-order valence-corrected chi connectivity index (χ2v) is 3.52. The van der Waals surface area contributed by atoms with Crippen LogP contribution in [0.5, 0.6) is 11.5 Å². The van der Waals surface area contributed by atoms with E-state index < -0.39 is 5.63 Å². The normalized spacial score (nSPS) is 10.4. The van der Waals surface area contributed by atoms with Gasteiger partial charge in [-0.1, -0.05) is 11.6 Å². The summed E-state index contributed by atoms with van der Waals surface area (Å²) in [7, 11) is 3.03. The number of hydrogen-bond acceptors (Lipinski definition) is 4. The van der Waals surface area contributed by atoms with Crippen LogP contribution in [0.4, 0.5) is 0 Å². The zero-order valence-electron chi connectivity index (χ0n) is 8.74. The van der Waals surface area contributed by atoms with E-state index >= 15 is 0 Å². The van der Waals surface area contributed by atoms with E-state index in [1.54, 1.807) is 12.1 Å². The molecule has 84 valence electrons. The lowest BCUT2D eigenvalue weighted by atomic mass is 10.2. The molecule has 5 heteroatoms. The Morgan fingerprint density at radius 3 is 2.56 bits per heavy atom. The largest absolute Gasteiger partial charge is 0.496 e. The number of ether oxygens (including phenoxy) is 2. The summed E-state index contributed by atoms with van der Waals surface area (Å²) in [5.41, 5.74) is -0.165. The van der Waals surface area contributed by atoms with Crippen molar-refractivity contribution in [1.29, 1.82) is 0 Å². The highest BCUT2D eigenvalue weighted by molar-refractivity contribution is 6.35. The van der Waals surface area contributed by atoms with E-state index in [0.29, 0.717) is 27.5 Å². The molecule has 0 N–H and O–H groups in total. The van der Waals surface area contributed by atoms with Gasteiger partial charge < -0.3 is 13.9 Å². The lowest BCUT2D eigenvalue weighted by Gasteiger charge is -2.08. The monoisotopic (exact) mass is 240 g/mol. The Labute approximate surface area is 96.3 Å². The molecule has 1 aromatic heterocycles. The van der Waals surface area contributed by atoms with Gasteiger partial charge in [0.2, 0.25) is 0 Å². The van der Waals surface area contributed by atoms with Crippen molar-refractivity contribution in [3.63, 3.8) is 0 Å². The first kappa shape index (κ1) is 10.8. The molecule has 2 rings (SSSR count). The van der Waals surface area contributed by atoms with Gasteiger partial charge in [0.25, 0.3) is 0 Å². The third-order valence-corrected chi connectivity index (χ3v) is 2.49. The van der Waals surface area contributed by atoms with E-state index in [9.17, 15) is 4.79 Å². The molecule has 0 saturated carbocycles. The lowest BCUT2D eigenvalue weighted by molar-refractivity contribution is 0.396. The van der Waals surface area contributed by atoms with Crippen LogP contribution >= 0.6 is 11.6 Å². The number of halogens is 1. The number of methoxy groups -OCH3 is 2. The van der Waals surface area contributed by atoms with Crippen LogP contribution in [-0.2, 0) is 0 Å². The van der Waals surface area contributed by atoms with E-state index in [-0.39, 0.29) is 0 Å². The standard InChI is InChI=1S/C11H9ClO4/c1-14-6-3-8(15-2)11-7(12)5-10(13)16-9(11)4-6/h3-5H,1-2H3. The minimum atomic E-state index is -0.507. The molecule has 2 aromatic rings. The van der Waals surface area contributed by atoms with Crippen LogP contribution < -0.4 is 15.1 Å². The van der Waals surface area contributed by atoms with Crippen molar-refractivity contribution in [3.05, 3.63) is 33.6 Å². The molecular formula is C11H9ClO4. The van der Waals surface area contributed by atoms with E-state index in [1.165, 1.54) is 20.3 Å². The molecule has 1 heterocycles. The molecule has 0 atom stereocenters. The topological polar surface area (TPSA) is 48.7 Å². The highest BCUT2D eigenvalue weighted by Crippen LogP contribution is 2.34. The fourth-order valence-corrected chi connectivity index (χ4v) is 1.75. The van der Waals surface area contributed by atoms with Crippen LogP contribution in [0.3, 0.4) is 0 Å². The van der Waals surface area contributed by atoms with Crippen LogP contribution in [0.2, 0.25) is 5.02 Å². The van der Waals surface area contributed by atoms with Gasteiger partial charge in [-0.15, -0.1) is 0 Å². The minimum absolute atomic E-state index is 0.297. The van der Waals surface area contributed by atoms with Crippen molar-refractivity contribution in [2.24, 2.45) is 0 Å². The Morgan fingerprint density at radius 2 is 1.94 bits per heavy atom. The quantitative estimate of drug-likeness (QED) is 0.757. The van der Waals surface area contributed by atoms with Gasteiger partial charge in [-0.25, -0.2) is 4.79 Å². The van der Waals surface area contributed by atoms with E-state index in [0.717, 1.165) is 0 Å². The number of benzene rings is 1. The summed E-state index contributed by atoms with van der Waals surface area (Å²) >= 11 is 5.96. The Hall–Kier alpha value is -1.68. The number of rotatable bonds is 2. The molecule has 0 radical (unpaired) electrons. The first-order chi connectivity index (χ1) is 7.65. The van der Waals surface area contributed by atoms with Crippen molar-refractivity contribution in [3.8, 4) is 11.5 Å². The predicted octanol–water partition coefficient (Wildman–Crippen LogP) is 2.46. The van der Waals surface area contributed by atoms with Crippen LogP contribution in [0.25, 0.3) is 11.0 Å². The first-order valence-electron chi connectivity index (χ1n) is 4.51. The van der Waals surface area contributed by atoms with Gasteiger partial charge in [-0.3, -0.25) is 0 Å². The van der Waals surface area contributed by atoms with Crippen molar-refractivity contribution >= 4 is 22.6 Å². The zero-order valence-corrected chi connectivity index (χ0v) is 9.50. The average Bonchev–Trinajstić information content (AvgIpc) is 2.26. The minimum Gasteiger partial charge on any atom is -0.496 e. The summed E-state index contributed by atoms with van der Waals surface area (Å²) in [5.74, 6) is 1.04.